The van der Waals surface area contributed by atoms with Crippen molar-refractivity contribution in [3.8, 4) is 0 Å². The molecule has 6 heteroatoms. The molecule has 4 aliphatic heterocycles. The van der Waals surface area contributed by atoms with Crippen molar-refractivity contribution in [2.24, 2.45) is 0 Å². The Bertz CT molecular complexity index is 3110. The van der Waals surface area contributed by atoms with Crippen molar-refractivity contribution in [3.63, 3.8) is 0 Å². The predicted molar refractivity (Wildman–Crippen MR) is 256 cm³/mol. The Morgan fingerprint density at radius 2 is 0.667 bits per heavy atom. The molecule has 0 atom stereocenters. The zero-order valence-corrected chi connectivity index (χ0v) is 35.4. The van der Waals surface area contributed by atoms with Crippen LogP contribution in [0.1, 0.15) is 25.7 Å². The molecule has 0 amide bonds. The van der Waals surface area contributed by atoms with Gasteiger partial charge in [0.2, 0.25) is 0 Å². The van der Waals surface area contributed by atoms with E-state index in [2.05, 4.69) is 168 Å². The number of anilines is 6. The number of benzene rings is 8. The van der Waals surface area contributed by atoms with Gasteiger partial charge in [0, 0.05) is 67.8 Å². The largest absolute Gasteiger partial charge is 0.456 e. The molecule has 8 aromatic carbocycles. The lowest BCUT2D eigenvalue weighted by atomic mass is 9.99. The van der Waals surface area contributed by atoms with E-state index in [0.29, 0.717) is 0 Å². The van der Waals surface area contributed by atoms with Crippen LogP contribution in [0, 0.1) is 0 Å². The molecule has 0 aliphatic carbocycles. The van der Waals surface area contributed by atoms with E-state index < -0.39 is 16.1 Å². The zero-order valence-electron chi connectivity index (χ0n) is 33.4. The minimum Gasteiger partial charge on any atom is -0.456 e. The van der Waals surface area contributed by atoms with Gasteiger partial charge in [-0.1, -0.05) is 98.5 Å². The molecule has 4 nitrogen and oxygen atoms in total. The molecule has 2 aromatic heterocycles. The summed E-state index contributed by atoms with van der Waals surface area (Å²) >= 11 is 0. The highest BCUT2D eigenvalue weighted by molar-refractivity contribution is 7.05. The van der Waals surface area contributed by atoms with Crippen LogP contribution in [0.25, 0.3) is 54.6 Å². The maximum atomic E-state index is 6.77. The van der Waals surface area contributed by atoms with Gasteiger partial charge in [0.25, 0.3) is 0 Å². The first-order chi connectivity index (χ1) is 29.7. The number of para-hydroxylation sites is 4. The molecule has 2 fully saturated rings. The standard InChI is InChI=1S/C54H42N2O2Si2/c1-5-17-49-41(13-1)55(42-14-2-6-18-50(42)59(49)29-9-10-30-59)35-21-23-39-47(33-35)57-45-27-25-38-37(53(39)45)26-28-46-54(38)40-24-22-36(34-48(40)58-46)56-43-15-3-7-19-51(43)60(31-11-12-32-60)52-20-8-4-16-44(52)56/h1-8,13-28,33-34H,9-12,29-32H2. The Morgan fingerprint density at radius 3 is 1.03 bits per heavy atom. The minimum atomic E-state index is -1.80. The van der Waals surface area contributed by atoms with Gasteiger partial charge in [-0.25, -0.2) is 0 Å². The molecule has 0 unspecified atom stereocenters. The summed E-state index contributed by atoms with van der Waals surface area (Å²) < 4.78 is 13.5. The molecule has 0 radical (unpaired) electrons. The maximum Gasteiger partial charge on any atom is 0.137 e. The number of hydrogen-bond donors (Lipinski definition) is 0. The number of fused-ring (bicyclic) bond motifs is 17. The van der Waals surface area contributed by atoms with Crippen molar-refractivity contribution >= 4 is 126 Å². The summed E-state index contributed by atoms with van der Waals surface area (Å²) in [6.07, 6.45) is 5.33. The van der Waals surface area contributed by atoms with E-state index in [9.17, 15) is 0 Å². The molecule has 10 aromatic rings. The lowest BCUT2D eigenvalue weighted by molar-refractivity contribution is 0.668. The van der Waals surface area contributed by atoms with E-state index in [1.54, 1.807) is 20.7 Å². The fraction of sp³-hybridized carbons (Fsp3) is 0.148. The molecule has 60 heavy (non-hydrogen) atoms. The molecule has 6 heterocycles. The first-order valence-electron chi connectivity index (χ1n) is 21.9. The second-order valence-electron chi connectivity index (χ2n) is 17.9. The van der Waals surface area contributed by atoms with Gasteiger partial charge in [0.15, 0.2) is 0 Å². The van der Waals surface area contributed by atoms with E-state index in [0.717, 1.165) is 55.3 Å². The van der Waals surface area contributed by atoms with Gasteiger partial charge in [-0.3, -0.25) is 0 Å². The van der Waals surface area contributed by atoms with Crippen LogP contribution in [0.3, 0.4) is 0 Å². The minimum absolute atomic E-state index is 0.909. The highest BCUT2D eigenvalue weighted by Crippen LogP contribution is 2.48. The third-order valence-electron chi connectivity index (χ3n) is 15.1. The van der Waals surface area contributed by atoms with Gasteiger partial charge in [0.1, 0.15) is 38.5 Å². The summed E-state index contributed by atoms with van der Waals surface area (Å²) in [5, 5.41) is 13.3. The van der Waals surface area contributed by atoms with Crippen LogP contribution in [0.5, 0.6) is 0 Å². The quantitative estimate of drug-likeness (QED) is 0.163. The first kappa shape index (κ1) is 33.5. The maximum absolute atomic E-state index is 6.77. The average Bonchev–Trinajstić information content (AvgIpc) is 4.13. The van der Waals surface area contributed by atoms with Gasteiger partial charge in [0.05, 0.1) is 0 Å². The van der Waals surface area contributed by atoms with Crippen LogP contribution in [0.15, 0.2) is 167 Å². The van der Waals surface area contributed by atoms with Crippen molar-refractivity contribution in [1.29, 1.82) is 0 Å². The highest BCUT2D eigenvalue weighted by atomic mass is 28.3. The van der Waals surface area contributed by atoms with Crippen LogP contribution in [-0.2, 0) is 0 Å². The van der Waals surface area contributed by atoms with Crippen molar-refractivity contribution in [1.82, 2.24) is 0 Å². The lowest BCUT2D eigenvalue weighted by Gasteiger charge is -2.42. The zero-order chi connectivity index (χ0) is 39.2. The lowest BCUT2D eigenvalue weighted by Crippen LogP contribution is -2.60. The third kappa shape index (κ3) is 4.30. The summed E-state index contributed by atoms with van der Waals surface area (Å²) in [5.74, 6) is 0. The second-order valence-corrected chi connectivity index (χ2v) is 26.3. The summed E-state index contributed by atoms with van der Waals surface area (Å²) in [4.78, 5) is 4.99. The van der Waals surface area contributed by atoms with Crippen LogP contribution < -0.4 is 30.5 Å². The van der Waals surface area contributed by atoms with Gasteiger partial charge < -0.3 is 18.6 Å². The Balaban J connectivity index is 0.907. The van der Waals surface area contributed by atoms with E-state index in [-0.39, 0.29) is 0 Å². The van der Waals surface area contributed by atoms with Crippen LogP contribution >= 0.6 is 0 Å². The Kier molecular flexibility index (Phi) is 6.76. The molecule has 288 valence electrons. The Morgan fingerprint density at radius 1 is 0.333 bits per heavy atom. The van der Waals surface area contributed by atoms with E-state index >= 15 is 0 Å². The topological polar surface area (TPSA) is 32.8 Å². The van der Waals surface area contributed by atoms with Crippen LogP contribution in [0.2, 0.25) is 24.2 Å². The van der Waals surface area contributed by atoms with Crippen LogP contribution in [-0.4, -0.2) is 16.1 Å². The van der Waals surface area contributed by atoms with E-state index in [1.807, 2.05) is 0 Å². The van der Waals surface area contributed by atoms with Crippen molar-refractivity contribution in [2.45, 2.75) is 49.9 Å². The second kappa shape index (κ2) is 12.1. The number of nitrogens with zero attached hydrogens (tertiary/aromatic N) is 2. The molecule has 0 bridgehead atoms. The van der Waals surface area contributed by atoms with E-state index in [4.69, 9.17) is 8.83 Å². The van der Waals surface area contributed by atoms with Gasteiger partial charge in [-0.05, 0) is 128 Å². The van der Waals surface area contributed by atoms with Gasteiger partial charge in [-0.2, -0.15) is 0 Å². The van der Waals surface area contributed by atoms with E-state index in [1.165, 1.54) is 83.4 Å². The normalized spacial score (nSPS) is 17.3. The first-order valence-corrected chi connectivity index (χ1v) is 26.8. The average molecular weight is 807 g/mol. The van der Waals surface area contributed by atoms with Crippen LogP contribution in [0.4, 0.5) is 34.1 Å². The smallest absolute Gasteiger partial charge is 0.137 e. The SMILES string of the molecule is c1ccc2c(c1)N(c1ccc3c(c1)oc1ccc4c(ccc5oc6cc(N7c8ccccc8[Si]8(CCCC8)c8ccccc87)ccc6c54)c13)c1ccccc1[Si]21CCCC1. The molecule has 14 rings (SSSR count). The summed E-state index contributed by atoms with van der Waals surface area (Å²) in [7, 11) is -3.61. The number of furan rings is 2. The number of rotatable bonds is 2. The molecule has 0 N–H and O–H groups in total. The molecule has 2 spiro atoms. The fourth-order valence-corrected chi connectivity index (χ4v) is 23.7. The Hall–Kier alpha value is -6.35. The van der Waals surface area contributed by atoms with Crippen molar-refractivity contribution in [2.75, 3.05) is 9.80 Å². The van der Waals surface area contributed by atoms with Gasteiger partial charge >= 0.3 is 0 Å². The van der Waals surface area contributed by atoms with Crippen molar-refractivity contribution in [3.05, 3.63) is 158 Å². The highest BCUT2D eigenvalue weighted by Gasteiger charge is 2.48. The third-order valence-corrected chi connectivity index (χ3v) is 25.8. The monoisotopic (exact) mass is 806 g/mol. The predicted octanol–water partition coefficient (Wildman–Crippen LogP) is 12.9. The Labute approximate surface area is 350 Å². The molecular formula is C54H42N2O2Si2. The summed E-state index contributed by atoms with van der Waals surface area (Å²) in [6.45, 7) is 0. The van der Waals surface area contributed by atoms with Gasteiger partial charge in [-0.15, -0.1) is 0 Å². The summed E-state index contributed by atoms with van der Waals surface area (Å²) in [5.41, 5.74) is 11.3. The molecule has 4 aliphatic rings. The molecule has 0 saturated carbocycles. The molecular weight excluding hydrogens is 765 g/mol. The van der Waals surface area contributed by atoms with Crippen molar-refractivity contribution < 1.29 is 8.83 Å². The fourth-order valence-electron chi connectivity index (χ4n) is 12.6. The molecule has 2 saturated heterocycles. The summed E-state index contributed by atoms with van der Waals surface area (Å²) in [6, 6.07) is 64.8. The number of hydrogen-bond acceptors (Lipinski definition) is 4.